The maximum Gasteiger partial charge on any atom is 0.0742 e. The maximum atomic E-state index is 5.96. The summed E-state index contributed by atoms with van der Waals surface area (Å²) in [5, 5.41) is 1.18. The number of thioether (sulfide) groups is 1. The quantitative estimate of drug-likeness (QED) is 0.573. The Labute approximate surface area is 116 Å². The second-order valence-corrected chi connectivity index (χ2v) is 5.34. The Morgan fingerprint density at radius 2 is 1.79 bits per heavy atom. The van der Waals surface area contributed by atoms with E-state index in [-0.39, 0.29) is 0 Å². The summed E-state index contributed by atoms with van der Waals surface area (Å²) in [6.07, 6.45) is 1.84. The molecule has 0 amide bonds. The highest BCUT2D eigenvalue weighted by molar-refractivity contribution is 7.98. The van der Waals surface area contributed by atoms with Gasteiger partial charge in [0.05, 0.1) is 5.52 Å². The number of anilines is 1. The van der Waals surface area contributed by atoms with E-state index in [4.69, 9.17) is 5.73 Å². The monoisotopic (exact) mass is 266 g/mol. The van der Waals surface area contributed by atoms with Gasteiger partial charge in [-0.25, -0.2) is 0 Å². The van der Waals surface area contributed by atoms with E-state index in [2.05, 4.69) is 35.3 Å². The molecule has 0 spiro atoms. The summed E-state index contributed by atoms with van der Waals surface area (Å²) < 4.78 is 0. The van der Waals surface area contributed by atoms with E-state index >= 15 is 0 Å². The number of nitrogen functional groups attached to an aromatic ring is 1. The minimum absolute atomic E-state index is 0.834. The number of aromatic nitrogens is 1. The molecule has 0 fully saturated rings. The van der Waals surface area contributed by atoms with Crippen LogP contribution in [0.5, 0.6) is 0 Å². The number of hydrogen-bond acceptors (Lipinski definition) is 3. The summed E-state index contributed by atoms with van der Waals surface area (Å²) in [5.74, 6) is 0.878. The second kappa shape index (κ2) is 5.33. The van der Waals surface area contributed by atoms with E-state index in [9.17, 15) is 0 Å². The largest absolute Gasteiger partial charge is 0.398 e. The van der Waals surface area contributed by atoms with Crippen molar-refractivity contribution in [3.8, 4) is 0 Å². The Morgan fingerprint density at radius 1 is 0.947 bits per heavy atom. The van der Waals surface area contributed by atoms with Crippen molar-refractivity contribution >= 4 is 28.4 Å². The first-order valence-electron chi connectivity index (χ1n) is 6.14. The van der Waals surface area contributed by atoms with Crippen molar-refractivity contribution in [2.45, 2.75) is 10.6 Å². The number of benzene rings is 2. The first-order valence-corrected chi connectivity index (χ1v) is 7.13. The normalized spacial score (nSPS) is 10.7. The predicted octanol–water partition coefficient (Wildman–Crippen LogP) is 4.11. The molecule has 0 aliphatic heterocycles. The van der Waals surface area contributed by atoms with E-state index in [1.54, 1.807) is 11.8 Å². The fourth-order valence-corrected chi connectivity index (χ4v) is 3.00. The summed E-state index contributed by atoms with van der Waals surface area (Å²) in [5.41, 5.74) is 9.11. The van der Waals surface area contributed by atoms with Crippen LogP contribution in [-0.4, -0.2) is 4.98 Å². The highest BCUT2D eigenvalue weighted by Crippen LogP contribution is 2.29. The average molecular weight is 266 g/mol. The summed E-state index contributed by atoms with van der Waals surface area (Å²) in [4.78, 5) is 5.59. The van der Waals surface area contributed by atoms with Crippen LogP contribution in [0.3, 0.4) is 0 Å². The van der Waals surface area contributed by atoms with Crippen LogP contribution in [0.15, 0.2) is 65.7 Å². The van der Waals surface area contributed by atoms with Gasteiger partial charge in [0, 0.05) is 27.9 Å². The molecule has 1 aromatic heterocycles. The Bertz CT molecular complexity index is 704. The highest BCUT2D eigenvalue weighted by atomic mass is 32.2. The van der Waals surface area contributed by atoms with Gasteiger partial charge in [-0.2, -0.15) is 0 Å². The zero-order valence-electron chi connectivity index (χ0n) is 10.4. The minimum atomic E-state index is 0.834. The molecule has 3 aromatic rings. The van der Waals surface area contributed by atoms with E-state index in [1.165, 1.54) is 10.9 Å². The molecule has 0 radical (unpaired) electrons. The molecule has 0 aliphatic carbocycles. The van der Waals surface area contributed by atoms with Crippen molar-refractivity contribution in [3.05, 3.63) is 66.4 Å². The van der Waals surface area contributed by atoms with Gasteiger partial charge in [-0.15, -0.1) is 11.8 Å². The van der Waals surface area contributed by atoms with Crippen molar-refractivity contribution in [3.63, 3.8) is 0 Å². The first-order chi connectivity index (χ1) is 9.34. The van der Waals surface area contributed by atoms with Crippen molar-refractivity contribution in [1.82, 2.24) is 4.98 Å². The van der Waals surface area contributed by atoms with E-state index in [1.807, 2.05) is 30.5 Å². The SMILES string of the molecule is Nc1ccccc1SCc1cccc2cccnc12. The lowest BCUT2D eigenvalue weighted by atomic mass is 10.1. The van der Waals surface area contributed by atoms with E-state index in [0.29, 0.717) is 0 Å². The van der Waals surface area contributed by atoms with Crippen molar-refractivity contribution in [1.29, 1.82) is 0 Å². The number of fused-ring (bicyclic) bond motifs is 1. The molecule has 0 aliphatic rings. The maximum absolute atomic E-state index is 5.96. The number of hydrogen-bond donors (Lipinski definition) is 1. The van der Waals surface area contributed by atoms with Gasteiger partial charge in [0.1, 0.15) is 0 Å². The van der Waals surface area contributed by atoms with Gasteiger partial charge in [0.15, 0.2) is 0 Å². The van der Waals surface area contributed by atoms with E-state index in [0.717, 1.165) is 21.9 Å². The molecule has 0 saturated heterocycles. The molecule has 3 heteroatoms. The number of para-hydroxylation sites is 2. The predicted molar refractivity (Wildman–Crippen MR) is 82.2 cm³/mol. The van der Waals surface area contributed by atoms with Gasteiger partial charge >= 0.3 is 0 Å². The molecule has 0 bridgehead atoms. The molecular formula is C16H14N2S. The smallest absolute Gasteiger partial charge is 0.0742 e. The van der Waals surface area contributed by atoms with Crippen LogP contribution >= 0.6 is 11.8 Å². The lowest BCUT2D eigenvalue weighted by Crippen LogP contribution is -1.90. The standard InChI is InChI=1S/C16H14N2S/c17-14-8-1-2-9-15(14)19-11-13-6-3-5-12-7-4-10-18-16(12)13/h1-10H,11,17H2. The second-order valence-electron chi connectivity index (χ2n) is 4.32. The molecule has 94 valence electrons. The van der Waals surface area contributed by atoms with Gasteiger partial charge in [-0.05, 0) is 23.8 Å². The number of rotatable bonds is 3. The highest BCUT2D eigenvalue weighted by Gasteiger charge is 2.04. The Balaban J connectivity index is 1.88. The van der Waals surface area contributed by atoms with Crippen LogP contribution in [0.1, 0.15) is 5.56 Å². The molecule has 2 N–H and O–H groups in total. The molecule has 2 aromatic carbocycles. The van der Waals surface area contributed by atoms with Crippen molar-refractivity contribution < 1.29 is 0 Å². The minimum Gasteiger partial charge on any atom is -0.398 e. The zero-order chi connectivity index (χ0) is 13.1. The topological polar surface area (TPSA) is 38.9 Å². The number of nitrogens with zero attached hydrogens (tertiary/aromatic N) is 1. The Kier molecular flexibility index (Phi) is 3.38. The summed E-state index contributed by atoms with van der Waals surface area (Å²) in [6.45, 7) is 0. The molecular weight excluding hydrogens is 252 g/mol. The average Bonchev–Trinajstić information content (AvgIpc) is 2.46. The van der Waals surface area contributed by atoms with E-state index < -0.39 is 0 Å². The first kappa shape index (κ1) is 12.1. The van der Waals surface area contributed by atoms with Crippen LogP contribution in [0.25, 0.3) is 10.9 Å². The third-order valence-corrected chi connectivity index (χ3v) is 4.16. The van der Waals surface area contributed by atoms with Crippen molar-refractivity contribution in [2.24, 2.45) is 0 Å². The van der Waals surface area contributed by atoms with Gasteiger partial charge in [0.2, 0.25) is 0 Å². The molecule has 0 atom stereocenters. The van der Waals surface area contributed by atoms with Crippen LogP contribution in [0, 0.1) is 0 Å². The van der Waals surface area contributed by atoms with Crippen LogP contribution < -0.4 is 5.73 Å². The fourth-order valence-electron chi connectivity index (χ4n) is 2.05. The lowest BCUT2D eigenvalue weighted by molar-refractivity contribution is 1.34. The van der Waals surface area contributed by atoms with Gasteiger partial charge in [-0.3, -0.25) is 4.98 Å². The number of pyridine rings is 1. The van der Waals surface area contributed by atoms with Crippen LogP contribution in [0.4, 0.5) is 5.69 Å². The van der Waals surface area contributed by atoms with Gasteiger partial charge in [0.25, 0.3) is 0 Å². The fraction of sp³-hybridized carbons (Fsp3) is 0.0625. The summed E-state index contributed by atoms with van der Waals surface area (Å²) >= 11 is 1.75. The number of nitrogens with two attached hydrogens (primary N) is 1. The molecule has 19 heavy (non-hydrogen) atoms. The summed E-state index contributed by atoms with van der Waals surface area (Å²) in [6, 6.07) is 18.3. The molecule has 0 saturated carbocycles. The molecule has 0 unspecified atom stereocenters. The molecule has 1 heterocycles. The third-order valence-electron chi connectivity index (χ3n) is 3.02. The van der Waals surface area contributed by atoms with Crippen LogP contribution in [0.2, 0.25) is 0 Å². The third kappa shape index (κ3) is 2.56. The van der Waals surface area contributed by atoms with Crippen molar-refractivity contribution in [2.75, 3.05) is 5.73 Å². The Hall–Kier alpha value is -2.00. The Morgan fingerprint density at radius 3 is 2.68 bits per heavy atom. The molecule has 3 rings (SSSR count). The summed E-state index contributed by atoms with van der Waals surface area (Å²) in [7, 11) is 0. The van der Waals surface area contributed by atoms with Crippen LogP contribution in [-0.2, 0) is 5.75 Å². The van der Waals surface area contributed by atoms with Gasteiger partial charge in [-0.1, -0.05) is 36.4 Å². The lowest BCUT2D eigenvalue weighted by Gasteiger charge is -2.07. The van der Waals surface area contributed by atoms with Gasteiger partial charge < -0.3 is 5.73 Å². The molecule has 2 nitrogen and oxygen atoms in total. The zero-order valence-corrected chi connectivity index (χ0v) is 11.2.